The van der Waals surface area contributed by atoms with E-state index in [1.807, 2.05) is 0 Å². The molecule has 0 fully saturated rings. The Kier molecular flexibility index (Phi) is 4.46. The Balaban J connectivity index is 2.91. The van der Waals surface area contributed by atoms with Crippen molar-refractivity contribution in [3.8, 4) is 0 Å². The molecule has 0 saturated carbocycles. The van der Waals surface area contributed by atoms with Gasteiger partial charge in [0.2, 0.25) is 0 Å². The van der Waals surface area contributed by atoms with E-state index in [2.05, 4.69) is 0 Å². The molecule has 90 valence electrons. The van der Waals surface area contributed by atoms with E-state index < -0.39 is 9.84 Å². The highest BCUT2D eigenvalue weighted by Crippen LogP contribution is 2.17. The lowest BCUT2D eigenvalue weighted by molar-refractivity contribution is 0.597. The molecule has 0 bridgehead atoms. The molecule has 4 nitrogen and oxygen atoms in total. The quantitative estimate of drug-likeness (QED) is 0.800. The van der Waals surface area contributed by atoms with Crippen LogP contribution in [0.25, 0.3) is 0 Å². The maximum Gasteiger partial charge on any atom is 0.178 e. The Morgan fingerprint density at radius 1 is 1.25 bits per heavy atom. The Morgan fingerprint density at radius 2 is 1.81 bits per heavy atom. The molecule has 5 heteroatoms. The Bertz CT molecular complexity index is 426. The molecule has 0 saturated heterocycles. The zero-order valence-electron chi connectivity index (χ0n) is 9.39. The maximum absolute atomic E-state index is 11.6. The molecule has 0 aliphatic rings. The third kappa shape index (κ3) is 3.04. The highest BCUT2D eigenvalue weighted by molar-refractivity contribution is 7.91. The largest absolute Gasteiger partial charge is 0.330 e. The third-order valence-corrected chi connectivity index (χ3v) is 4.28. The van der Waals surface area contributed by atoms with Crippen molar-refractivity contribution in [1.82, 2.24) is 0 Å². The van der Waals surface area contributed by atoms with Crippen molar-refractivity contribution in [2.45, 2.75) is 24.3 Å². The standard InChI is InChI=1S/C11H18N2O2S/c1-2-16(14,15)10-5-3-9(4-6-10)11(13)7-8-12/h3-6,11H,2,7-8,12-13H2,1H3. The highest BCUT2D eigenvalue weighted by Gasteiger charge is 2.12. The average Bonchev–Trinajstić information content (AvgIpc) is 2.29. The number of hydrogen-bond donors (Lipinski definition) is 2. The van der Waals surface area contributed by atoms with E-state index in [1.165, 1.54) is 0 Å². The summed E-state index contributed by atoms with van der Waals surface area (Å²) >= 11 is 0. The van der Waals surface area contributed by atoms with Gasteiger partial charge in [-0.1, -0.05) is 19.1 Å². The zero-order chi connectivity index (χ0) is 12.2. The topological polar surface area (TPSA) is 86.2 Å². The minimum absolute atomic E-state index is 0.112. The van der Waals surface area contributed by atoms with Crippen LogP contribution in [0.5, 0.6) is 0 Å². The van der Waals surface area contributed by atoms with Crippen LogP contribution in [-0.4, -0.2) is 20.7 Å². The van der Waals surface area contributed by atoms with Crippen LogP contribution in [-0.2, 0) is 9.84 Å². The zero-order valence-corrected chi connectivity index (χ0v) is 10.2. The highest BCUT2D eigenvalue weighted by atomic mass is 32.2. The van der Waals surface area contributed by atoms with Crippen LogP contribution in [0.1, 0.15) is 24.9 Å². The van der Waals surface area contributed by atoms with Crippen molar-refractivity contribution in [3.63, 3.8) is 0 Å². The van der Waals surface area contributed by atoms with E-state index in [4.69, 9.17) is 11.5 Å². The number of nitrogens with two attached hydrogens (primary N) is 2. The smallest absolute Gasteiger partial charge is 0.178 e. The first-order valence-corrected chi connectivity index (χ1v) is 6.95. The Hall–Kier alpha value is -0.910. The van der Waals surface area contributed by atoms with Gasteiger partial charge in [0.15, 0.2) is 9.84 Å². The molecule has 1 atom stereocenters. The summed E-state index contributed by atoms with van der Waals surface area (Å²) in [6, 6.07) is 6.59. The van der Waals surface area contributed by atoms with Crippen LogP contribution in [0, 0.1) is 0 Å². The first-order valence-electron chi connectivity index (χ1n) is 5.29. The van der Waals surface area contributed by atoms with Gasteiger partial charge in [-0.2, -0.15) is 0 Å². The monoisotopic (exact) mass is 242 g/mol. The summed E-state index contributed by atoms with van der Waals surface area (Å²) in [6.45, 7) is 2.15. The minimum atomic E-state index is -3.12. The van der Waals surface area contributed by atoms with Gasteiger partial charge in [0, 0.05) is 6.04 Å². The van der Waals surface area contributed by atoms with Gasteiger partial charge in [-0.05, 0) is 30.7 Å². The molecule has 1 rings (SSSR count). The molecular formula is C11H18N2O2S. The molecule has 4 N–H and O–H groups in total. The molecule has 0 spiro atoms. The number of benzene rings is 1. The lowest BCUT2D eigenvalue weighted by atomic mass is 10.1. The fraction of sp³-hybridized carbons (Fsp3) is 0.455. The van der Waals surface area contributed by atoms with Crippen molar-refractivity contribution in [2.24, 2.45) is 11.5 Å². The third-order valence-electron chi connectivity index (χ3n) is 2.53. The van der Waals surface area contributed by atoms with E-state index in [9.17, 15) is 8.42 Å². The van der Waals surface area contributed by atoms with Gasteiger partial charge in [-0.25, -0.2) is 8.42 Å². The average molecular weight is 242 g/mol. The number of sulfone groups is 1. The molecule has 0 heterocycles. The predicted octanol–water partition coefficient (Wildman–Crippen LogP) is 0.829. The molecule has 16 heavy (non-hydrogen) atoms. The SMILES string of the molecule is CCS(=O)(=O)c1ccc(C(N)CCN)cc1. The first-order chi connectivity index (χ1) is 7.51. The van der Waals surface area contributed by atoms with Gasteiger partial charge in [-0.3, -0.25) is 0 Å². The molecule has 0 aliphatic heterocycles. The first kappa shape index (κ1) is 13.2. The number of hydrogen-bond acceptors (Lipinski definition) is 4. The van der Waals surface area contributed by atoms with E-state index in [0.717, 1.165) is 5.56 Å². The van der Waals surface area contributed by atoms with Gasteiger partial charge < -0.3 is 11.5 Å². The lowest BCUT2D eigenvalue weighted by Crippen LogP contribution is -2.15. The van der Waals surface area contributed by atoms with Crippen molar-refractivity contribution in [1.29, 1.82) is 0 Å². The van der Waals surface area contributed by atoms with Crippen LogP contribution in [0.15, 0.2) is 29.2 Å². The van der Waals surface area contributed by atoms with Crippen molar-refractivity contribution in [3.05, 3.63) is 29.8 Å². The van der Waals surface area contributed by atoms with Gasteiger partial charge in [-0.15, -0.1) is 0 Å². The second-order valence-corrected chi connectivity index (χ2v) is 5.93. The van der Waals surface area contributed by atoms with Crippen molar-refractivity contribution in [2.75, 3.05) is 12.3 Å². The Labute approximate surface area is 96.6 Å². The van der Waals surface area contributed by atoms with E-state index in [1.54, 1.807) is 31.2 Å². The molecule has 1 unspecified atom stereocenters. The van der Waals surface area contributed by atoms with Gasteiger partial charge in [0.05, 0.1) is 10.6 Å². The summed E-state index contributed by atoms with van der Waals surface area (Å²) in [5, 5.41) is 0. The molecule has 0 amide bonds. The van der Waals surface area contributed by atoms with Crippen LogP contribution in [0.2, 0.25) is 0 Å². The summed E-state index contributed by atoms with van der Waals surface area (Å²) in [5.41, 5.74) is 12.2. The van der Waals surface area contributed by atoms with Crippen LogP contribution >= 0.6 is 0 Å². The summed E-state index contributed by atoms with van der Waals surface area (Å²) in [7, 11) is -3.12. The second-order valence-electron chi connectivity index (χ2n) is 3.66. The molecular weight excluding hydrogens is 224 g/mol. The number of rotatable bonds is 5. The minimum Gasteiger partial charge on any atom is -0.330 e. The fourth-order valence-electron chi connectivity index (χ4n) is 1.44. The lowest BCUT2D eigenvalue weighted by Gasteiger charge is -2.11. The van der Waals surface area contributed by atoms with E-state index in [0.29, 0.717) is 17.9 Å². The van der Waals surface area contributed by atoms with Gasteiger partial charge in [0.25, 0.3) is 0 Å². The molecule has 0 aliphatic carbocycles. The van der Waals surface area contributed by atoms with Crippen LogP contribution < -0.4 is 11.5 Å². The van der Waals surface area contributed by atoms with E-state index in [-0.39, 0.29) is 11.8 Å². The molecule has 0 aromatic heterocycles. The maximum atomic E-state index is 11.6. The molecule has 0 radical (unpaired) electrons. The molecule has 1 aromatic carbocycles. The normalized spacial score (nSPS) is 13.7. The molecule has 1 aromatic rings. The van der Waals surface area contributed by atoms with Crippen LogP contribution in [0.4, 0.5) is 0 Å². The summed E-state index contributed by atoms with van der Waals surface area (Å²) in [6.07, 6.45) is 0.694. The van der Waals surface area contributed by atoms with Crippen molar-refractivity contribution < 1.29 is 8.42 Å². The Morgan fingerprint density at radius 3 is 2.25 bits per heavy atom. The summed E-state index contributed by atoms with van der Waals surface area (Å²) in [4.78, 5) is 0.346. The summed E-state index contributed by atoms with van der Waals surface area (Å²) < 4.78 is 23.1. The van der Waals surface area contributed by atoms with Gasteiger partial charge in [0.1, 0.15) is 0 Å². The van der Waals surface area contributed by atoms with E-state index >= 15 is 0 Å². The second kappa shape index (κ2) is 5.43. The van der Waals surface area contributed by atoms with Crippen molar-refractivity contribution >= 4 is 9.84 Å². The van der Waals surface area contributed by atoms with Crippen LogP contribution in [0.3, 0.4) is 0 Å². The fourth-order valence-corrected chi connectivity index (χ4v) is 2.32. The van der Waals surface area contributed by atoms with Gasteiger partial charge >= 0.3 is 0 Å². The predicted molar refractivity (Wildman–Crippen MR) is 64.8 cm³/mol. The summed E-state index contributed by atoms with van der Waals surface area (Å²) in [5.74, 6) is 0.112.